The molecule has 0 fully saturated rings. The van der Waals surface area contributed by atoms with Crippen molar-refractivity contribution in [3.05, 3.63) is 34.3 Å². The number of halogens is 1. The third-order valence-electron chi connectivity index (χ3n) is 2.53. The summed E-state index contributed by atoms with van der Waals surface area (Å²) in [5, 5.41) is 0. The van der Waals surface area contributed by atoms with E-state index in [0.29, 0.717) is 0 Å². The van der Waals surface area contributed by atoms with Crippen molar-refractivity contribution in [2.24, 2.45) is 0 Å². The molecule has 1 aromatic rings. The zero-order valence-electron chi connectivity index (χ0n) is 11.4. The first-order valence-electron chi connectivity index (χ1n) is 6.17. The van der Waals surface area contributed by atoms with Gasteiger partial charge in [0.2, 0.25) is 10.0 Å². The maximum atomic E-state index is 11.9. The molecule has 0 spiro atoms. The molecule has 0 aliphatic heterocycles. The van der Waals surface area contributed by atoms with E-state index in [1.54, 1.807) is 0 Å². The molecule has 1 unspecified atom stereocenters. The van der Waals surface area contributed by atoms with Crippen LogP contribution in [0.25, 0.3) is 0 Å². The van der Waals surface area contributed by atoms with Crippen LogP contribution in [0.5, 0.6) is 0 Å². The zero-order valence-corrected chi connectivity index (χ0v) is 13.8. The zero-order chi connectivity index (χ0) is 14.5. The van der Waals surface area contributed by atoms with E-state index in [1.807, 2.05) is 45.0 Å². The summed E-state index contributed by atoms with van der Waals surface area (Å²) >= 11 is 3.35. The maximum absolute atomic E-state index is 11.9. The van der Waals surface area contributed by atoms with E-state index < -0.39 is 10.0 Å². The number of sulfonamides is 1. The lowest BCUT2D eigenvalue weighted by Gasteiger charge is -2.15. The van der Waals surface area contributed by atoms with E-state index in [-0.39, 0.29) is 24.5 Å². The fourth-order valence-electron chi connectivity index (χ4n) is 1.54. The summed E-state index contributed by atoms with van der Waals surface area (Å²) in [7, 11) is -3.32. The Bertz CT molecular complexity index is 485. The Morgan fingerprint density at radius 2 is 1.79 bits per heavy atom. The standard InChI is InChI=1S/C13H20BrNO3S/c1-10(2)18-8-9-19(16,17)15-11(3)12-4-6-13(14)7-5-12/h4-7,10-11,15H,8-9H2,1-3H3. The molecule has 0 bridgehead atoms. The minimum atomic E-state index is -3.32. The van der Waals surface area contributed by atoms with Gasteiger partial charge in [0, 0.05) is 10.5 Å². The summed E-state index contributed by atoms with van der Waals surface area (Å²) in [6, 6.07) is 7.31. The molecule has 0 radical (unpaired) electrons. The molecule has 6 heteroatoms. The van der Waals surface area contributed by atoms with Crippen molar-refractivity contribution in [1.82, 2.24) is 4.72 Å². The summed E-state index contributed by atoms with van der Waals surface area (Å²) in [6.45, 7) is 5.79. The van der Waals surface area contributed by atoms with Gasteiger partial charge in [-0.3, -0.25) is 0 Å². The van der Waals surface area contributed by atoms with Gasteiger partial charge in [0.1, 0.15) is 0 Å². The lowest BCUT2D eigenvalue weighted by Crippen LogP contribution is -2.31. The van der Waals surface area contributed by atoms with Crippen LogP contribution in [0.1, 0.15) is 32.4 Å². The minimum Gasteiger partial charge on any atom is -0.378 e. The average molecular weight is 350 g/mol. The van der Waals surface area contributed by atoms with Gasteiger partial charge in [0.15, 0.2) is 0 Å². The van der Waals surface area contributed by atoms with Crippen LogP contribution in [-0.4, -0.2) is 26.9 Å². The van der Waals surface area contributed by atoms with Crippen molar-refractivity contribution in [3.63, 3.8) is 0 Å². The lowest BCUT2D eigenvalue weighted by atomic mass is 10.1. The predicted molar refractivity (Wildman–Crippen MR) is 80.6 cm³/mol. The van der Waals surface area contributed by atoms with Crippen molar-refractivity contribution >= 4 is 26.0 Å². The predicted octanol–water partition coefficient (Wildman–Crippen LogP) is 2.85. The third-order valence-corrected chi connectivity index (χ3v) is 4.48. The second-order valence-corrected chi connectivity index (χ2v) is 7.42. The highest BCUT2D eigenvalue weighted by atomic mass is 79.9. The highest BCUT2D eigenvalue weighted by molar-refractivity contribution is 9.10. The largest absolute Gasteiger partial charge is 0.378 e. The van der Waals surface area contributed by atoms with E-state index in [2.05, 4.69) is 20.7 Å². The molecule has 0 heterocycles. The van der Waals surface area contributed by atoms with Crippen LogP contribution in [0.15, 0.2) is 28.7 Å². The highest BCUT2D eigenvalue weighted by Gasteiger charge is 2.15. The Hall–Kier alpha value is -0.430. The van der Waals surface area contributed by atoms with Crippen molar-refractivity contribution < 1.29 is 13.2 Å². The van der Waals surface area contributed by atoms with Crippen LogP contribution in [0, 0.1) is 0 Å². The molecule has 1 rings (SSSR count). The van der Waals surface area contributed by atoms with Crippen LogP contribution < -0.4 is 4.72 Å². The molecule has 0 saturated heterocycles. The monoisotopic (exact) mass is 349 g/mol. The highest BCUT2D eigenvalue weighted by Crippen LogP contribution is 2.17. The Balaban J connectivity index is 2.55. The molecule has 0 saturated carbocycles. The van der Waals surface area contributed by atoms with Gasteiger partial charge in [-0.05, 0) is 38.5 Å². The summed E-state index contributed by atoms with van der Waals surface area (Å²) < 4.78 is 32.6. The van der Waals surface area contributed by atoms with Crippen LogP contribution >= 0.6 is 15.9 Å². The van der Waals surface area contributed by atoms with Crippen molar-refractivity contribution in [2.45, 2.75) is 32.9 Å². The first-order valence-corrected chi connectivity index (χ1v) is 8.62. The van der Waals surface area contributed by atoms with E-state index in [0.717, 1.165) is 10.0 Å². The molecule has 1 N–H and O–H groups in total. The Morgan fingerprint density at radius 3 is 2.32 bits per heavy atom. The molecular formula is C13H20BrNO3S. The molecule has 1 atom stereocenters. The van der Waals surface area contributed by atoms with Gasteiger partial charge < -0.3 is 4.74 Å². The normalized spacial score (nSPS) is 13.7. The molecule has 0 aliphatic rings. The number of ether oxygens (including phenoxy) is 1. The molecule has 0 amide bonds. The van der Waals surface area contributed by atoms with Gasteiger partial charge in [-0.15, -0.1) is 0 Å². The van der Waals surface area contributed by atoms with Crippen molar-refractivity contribution in [3.8, 4) is 0 Å². The van der Waals surface area contributed by atoms with Crippen LogP contribution in [-0.2, 0) is 14.8 Å². The van der Waals surface area contributed by atoms with Crippen LogP contribution in [0.4, 0.5) is 0 Å². The maximum Gasteiger partial charge on any atom is 0.214 e. The first-order chi connectivity index (χ1) is 8.80. The van der Waals surface area contributed by atoms with Crippen molar-refractivity contribution in [1.29, 1.82) is 0 Å². The Labute approximate surface area is 123 Å². The van der Waals surface area contributed by atoms with Gasteiger partial charge in [-0.25, -0.2) is 13.1 Å². The topological polar surface area (TPSA) is 55.4 Å². The van der Waals surface area contributed by atoms with E-state index in [1.165, 1.54) is 0 Å². The number of rotatable bonds is 7. The van der Waals surface area contributed by atoms with Crippen molar-refractivity contribution in [2.75, 3.05) is 12.4 Å². The summed E-state index contributed by atoms with van der Waals surface area (Å²) in [5.74, 6) is -0.0218. The molecule has 19 heavy (non-hydrogen) atoms. The average Bonchev–Trinajstić information content (AvgIpc) is 2.28. The van der Waals surface area contributed by atoms with Gasteiger partial charge >= 0.3 is 0 Å². The SMILES string of the molecule is CC(C)OCCS(=O)(=O)NC(C)c1ccc(Br)cc1. The quantitative estimate of drug-likeness (QED) is 0.823. The van der Waals surface area contributed by atoms with Gasteiger partial charge in [0.05, 0.1) is 18.5 Å². The fourth-order valence-corrected chi connectivity index (χ4v) is 2.91. The second kappa shape index (κ2) is 7.38. The third kappa shape index (κ3) is 6.51. The van der Waals surface area contributed by atoms with Gasteiger partial charge in [0.25, 0.3) is 0 Å². The van der Waals surface area contributed by atoms with E-state index in [9.17, 15) is 8.42 Å². The summed E-state index contributed by atoms with van der Waals surface area (Å²) in [5.41, 5.74) is 0.927. The van der Waals surface area contributed by atoms with Gasteiger partial charge in [-0.2, -0.15) is 0 Å². The molecule has 4 nitrogen and oxygen atoms in total. The molecular weight excluding hydrogens is 330 g/mol. The molecule has 108 valence electrons. The lowest BCUT2D eigenvalue weighted by molar-refractivity contribution is 0.0911. The Morgan fingerprint density at radius 1 is 1.21 bits per heavy atom. The van der Waals surface area contributed by atoms with E-state index >= 15 is 0 Å². The first kappa shape index (κ1) is 16.6. The number of hydrogen-bond acceptors (Lipinski definition) is 3. The second-order valence-electron chi connectivity index (χ2n) is 4.63. The molecule has 0 aromatic heterocycles. The number of hydrogen-bond donors (Lipinski definition) is 1. The summed E-state index contributed by atoms with van der Waals surface area (Å²) in [6.07, 6.45) is 0.0408. The Kier molecular flexibility index (Phi) is 6.46. The number of benzene rings is 1. The molecule has 1 aromatic carbocycles. The van der Waals surface area contributed by atoms with Crippen LogP contribution in [0.2, 0.25) is 0 Å². The fraction of sp³-hybridized carbons (Fsp3) is 0.538. The van der Waals surface area contributed by atoms with E-state index in [4.69, 9.17) is 4.74 Å². The van der Waals surface area contributed by atoms with Gasteiger partial charge in [-0.1, -0.05) is 28.1 Å². The number of nitrogens with one attached hydrogen (secondary N) is 1. The smallest absolute Gasteiger partial charge is 0.214 e. The molecule has 0 aliphatic carbocycles. The minimum absolute atomic E-state index is 0.0218. The van der Waals surface area contributed by atoms with Crippen LogP contribution in [0.3, 0.4) is 0 Å². The summed E-state index contributed by atoms with van der Waals surface area (Å²) in [4.78, 5) is 0.